The van der Waals surface area contributed by atoms with Crippen molar-refractivity contribution in [2.24, 2.45) is 5.10 Å². The van der Waals surface area contributed by atoms with Crippen LogP contribution >= 0.6 is 0 Å². The van der Waals surface area contributed by atoms with E-state index in [1.807, 2.05) is 0 Å². The molecule has 0 bridgehead atoms. The molecular formula is C23H20N2O6. The van der Waals surface area contributed by atoms with E-state index in [1.54, 1.807) is 30.3 Å². The zero-order chi connectivity index (χ0) is 22.2. The Balaban J connectivity index is 1.61. The van der Waals surface area contributed by atoms with Crippen LogP contribution in [0, 0.1) is 0 Å². The second-order valence-electron chi connectivity index (χ2n) is 6.45. The van der Waals surface area contributed by atoms with Gasteiger partial charge in [-0.25, -0.2) is 10.2 Å². The Morgan fingerprint density at radius 1 is 0.968 bits per heavy atom. The molecule has 0 unspecified atom stereocenters. The Morgan fingerprint density at radius 3 is 2.29 bits per heavy atom. The summed E-state index contributed by atoms with van der Waals surface area (Å²) in [6, 6.07) is 17.4. The number of phenolic OH excluding ortho intramolecular Hbond substituents is 1. The molecule has 0 saturated heterocycles. The molecule has 0 fully saturated rings. The van der Waals surface area contributed by atoms with Crippen molar-refractivity contribution in [3.05, 3.63) is 89.0 Å². The summed E-state index contributed by atoms with van der Waals surface area (Å²) in [5.74, 6) is -0.319. The van der Waals surface area contributed by atoms with Gasteiger partial charge in [-0.1, -0.05) is 12.1 Å². The maximum Gasteiger partial charge on any atom is 0.335 e. The van der Waals surface area contributed by atoms with Crippen LogP contribution in [0.15, 0.2) is 71.8 Å². The molecule has 0 atom stereocenters. The van der Waals surface area contributed by atoms with Crippen molar-refractivity contribution in [1.82, 2.24) is 5.43 Å². The van der Waals surface area contributed by atoms with Crippen LogP contribution in [0.3, 0.4) is 0 Å². The van der Waals surface area contributed by atoms with E-state index in [1.165, 1.54) is 49.7 Å². The normalized spacial score (nSPS) is 10.6. The van der Waals surface area contributed by atoms with E-state index < -0.39 is 11.9 Å². The third-order valence-corrected chi connectivity index (χ3v) is 4.29. The van der Waals surface area contributed by atoms with E-state index in [-0.39, 0.29) is 17.9 Å². The van der Waals surface area contributed by atoms with Gasteiger partial charge in [-0.05, 0) is 65.7 Å². The summed E-state index contributed by atoms with van der Waals surface area (Å²) in [5.41, 5.74) is 4.49. The van der Waals surface area contributed by atoms with E-state index in [2.05, 4.69) is 10.5 Å². The summed E-state index contributed by atoms with van der Waals surface area (Å²) in [4.78, 5) is 22.9. The lowest BCUT2D eigenvalue weighted by Crippen LogP contribution is -2.17. The lowest BCUT2D eigenvalue weighted by molar-refractivity contribution is 0.0696. The minimum Gasteiger partial charge on any atom is -0.508 e. The number of methoxy groups -OCH3 is 1. The first kappa shape index (κ1) is 21.4. The predicted octanol–water partition coefficient (Wildman–Crippen LogP) is 3.44. The molecule has 31 heavy (non-hydrogen) atoms. The molecule has 3 N–H and O–H groups in total. The number of hydrogen-bond acceptors (Lipinski definition) is 6. The molecular weight excluding hydrogens is 400 g/mol. The highest BCUT2D eigenvalue weighted by atomic mass is 16.5. The molecule has 0 aliphatic rings. The Bertz CT molecular complexity index is 1090. The fourth-order valence-electron chi connectivity index (χ4n) is 2.63. The van der Waals surface area contributed by atoms with Gasteiger partial charge in [0.2, 0.25) is 0 Å². The number of carbonyl (C=O) groups is 2. The first-order chi connectivity index (χ1) is 15.0. The topological polar surface area (TPSA) is 117 Å². The van der Waals surface area contributed by atoms with Crippen LogP contribution in [0.25, 0.3) is 0 Å². The lowest BCUT2D eigenvalue weighted by atomic mass is 10.1. The van der Waals surface area contributed by atoms with Crippen molar-refractivity contribution in [2.45, 2.75) is 6.61 Å². The van der Waals surface area contributed by atoms with Gasteiger partial charge in [0.05, 0.1) is 18.9 Å². The summed E-state index contributed by atoms with van der Waals surface area (Å²) in [6.45, 7) is 0.242. The van der Waals surface area contributed by atoms with Crippen molar-refractivity contribution >= 4 is 18.1 Å². The highest BCUT2D eigenvalue weighted by Gasteiger charge is 2.08. The number of benzene rings is 3. The third kappa shape index (κ3) is 5.83. The highest BCUT2D eigenvalue weighted by Crippen LogP contribution is 2.28. The Labute approximate surface area is 178 Å². The molecule has 0 radical (unpaired) electrons. The number of hydrogen-bond donors (Lipinski definition) is 3. The van der Waals surface area contributed by atoms with Crippen LogP contribution < -0.4 is 14.9 Å². The van der Waals surface area contributed by atoms with Crippen molar-refractivity contribution in [1.29, 1.82) is 0 Å². The zero-order valence-electron chi connectivity index (χ0n) is 16.6. The Kier molecular flexibility index (Phi) is 6.85. The summed E-state index contributed by atoms with van der Waals surface area (Å²) in [6.07, 6.45) is 1.47. The van der Waals surface area contributed by atoms with Crippen LogP contribution in [-0.2, 0) is 6.61 Å². The number of carboxylic acids is 1. The molecule has 3 rings (SSSR count). The molecule has 0 saturated carbocycles. The average molecular weight is 420 g/mol. The first-order valence-electron chi connectivity index (χ1n) is 9.22. The Morgan fingerprint density at radius 2 is 1.65 bits per heavy atom. The SMILES string of the molecule is COc1cc(/C=N\NC(=O)c2ccc(O)cc2)ccc1OCc1ccc(C(=O)O)cc1. The van der Waals surface area contributed by atoms with E-state index >= 15 is 0 Å². The molecule has 3 aromatic carbocycles. The molecule has 0 aliphatic carbocycles. The maximum atomic E-state index is 12.0. The number of amides is 1. The van der Waals surface area contributed by atoms with Gasteiger partial charge in [-0.3, -0.25) is 4.79 Å². The summed E-state index contributed by atoms with van der Waals surface area (Å²) in [7, 11) is 1.51. The Hall–Kier alpha value is -4.33. The summed E-state index contributed by atoms with van der Waals surface area (Å²) >= 11 is 0. The molecule has 8 heteroatoms. The molecule has 3 aromatic rings. The van der Waals surface area contributed by atoms with Gasteiger partial charge in [0.15, 0.2) is 11.5 Å². The van der Waals surface area contributed by atoms with E-state index in [9.17, 15) is 14.7 Å². The van der Waals surface area contributed by atoms with E-state index in [0.717, 1.165) is 5.56 Å². The number of aromatic carboxylic acids is 1. The molecule has 8 nitrogen and oxygen atoms in total. The van der Waals surface area contributed by atoms with Crippen LogP contribution in [0.4, 0.5) is 0 Å². The van der Waals surface area contributed by atoms with Crippen LogP contribution in [0.2, 0.25) is 0 Å². The molecule has 158 valence electrons. The number of ether oxygens (including phenoxy) is 2. The number of nitrogens with one attached hydrogen (secondary N) is 1. The monoisotopic (exact) mass is 420 g/mol. The number of carbonyl (C=O) groups excluding carboxylic acids is 1. The summed E-state index contributed by atoms with van der Waals surface area (Å²) in [5, 5.41) is 22.1. The van der Waals surface area contributed by atoms with Crippen LogP contribution in [0.1, 0.15) is 31.8 Å². The fourth-order valence-corrected chi connectivity index (χ4v) is 2.63. The number of nitrogens with zero attached hydrogens (tertiary/aromatic N) is 1. The molecule has 0 spiro atoms. The van der Waals surface area contributed by atoms with Crippen LogP contribution in [-0.4, -0.2) is 35.4 Å². The van der Waals surface area contributed by atoms with Gasteiger partial charge in [0, 0.05) is 5.56 Å². The van der Waals surface area contributed by atoms with Gasteiger partial charge in [0.25, 0.3) is 5.91 Å². The van der Waals surface area contributed by atoms with E-state index in [4.69, 9.17) is 14.6 Å². The van der Waals surface area contributed by atoms with Gasteiger partial charge in [-0.2, -0.15) is 5.10 Å². The van der Waals surface area contributed by atoms with Gasteiger partial charge in [0.1, 0.15) is 12.4 Å². The molecule has 0 aromatic heterocycles. The number of aromatic hydroxyl groups is 1. The van der Waals surface area contributed by atoms with Gasteiger partial charge < -0.3 is 19.7 Å². The standard InChI is InChI=1S/C23H20N2O6/c1-30-21-12-16(13-24-25-22(27)17-7-9-19(26)10-8-17)4-11-20(21)31-14-15-2-5-18(6-3-15)23(28)29/h2-13,26H,14H2,1H3,(H,25,27)(H,28,29)/b24-13-. The second kappa shape index (κ2) is 9.93. The molecule has 1 amide bonds. The number of rotatable bonds is 8. The highest BCUT2D eigenvalue weighted by molar-refractivity contribution is 5.95. The number of hydrazone groups is 1. The largest absolute Gasteiger partial charge is 0.508 e. The smallest absolute Gasteiger partial charge is 0.335 e. The van der Waals surface area contributed by atoms with Crippen molar-refractivity contribution in [3.8, 4) is 17.2 Å². The zero-order valence-corrected chi connectivity index (χ0v) is 16.6. The first-order valence-corrected chi connectivity index (χ1v) is 9.22. The summed E-state index contributed by atoms with van der Waals surface area (Å²) < 4.78 is 11.1. The second-order valence-corrected chi connectivity index (χ2v) is 6.45. The van der Waals surface area contributed by atoms with E-state index in [0.29, 0.717) is 22.6 Å². The van der Waals surface area contributed by atoms with Gasteiger partial charge >= 0.3 is 5.97 Å². The minimum absolute atomic E-state index is 0.0757. The van der Waals surface area contributed by atoms with Crippen molar-refractivity contribution in [2.75, 3.05) is 7.11 Å². The third-order valence-electron chi connectivity index (χ3n) is 4.29. The predicted molar refractivity (Wildman–Crippen MR) is 114 cm³/mol. The van der Waals surface area contributed by atoms with Crippen molar-refractivity contribution < 1.29 is 29.3 Å². The number of carboxylic acid groups (broad SMARTS) is 1. The quantitative estimate of drug-likeness (QED) is 0.380. The van der Waals surface area contributed by atoms with Gasteiger partial charge in [-0.15, -0.1) is 0 Å². The lowest BCUT2D eigenvalue weighted by Gasteiger charge is -2.11. The minimum atomic E-state index is -0.981. The molecule has 0 heterocycles. The number of phenols is 1. The maximum absolute atomic E-state index is 12.0. The molecule has 0 aliphatic heterocycles. The fraction of sp³-hybridized carbons (Fsp3) is 0.0870. The average Bonchev–Trinajstić information content (AvgIpc) is 2.78. The van der Waals surface area contributed by atoms with Crippen molar-refractivity contribution in [3.63, 3.8) is 0 Å². The van der Waals surface area contributed by atoms with Crippen LogP contribution in [0.5, 0.6) is 17.2 Å².